The van der Waals surface area contributed by atoms with Crippen molar-refractivity contribution in [2.45, 2.75) is 19.9 Å². The van der Waals surface area contributed by atoms with E-state index in [0.29, 0.717) is 30.9 Å². The van der Waals surface area contributed by atoms with Crippen LogP contribution in [-0.4, -0.2) is 26.7 Å². The first kappa shape index (κ1) is 17.3. The van der Waals surface area contributed by atoms with Gasteiger partial charge < -0.3 is 10.6 Å². The zero-order chi connectivity index (χ0) is 17.9. The highest BCUT2D eigenvalue weighted by Gasteiger charge is 2.29. The molecule has 2 aromatic carbocycles. The van der Waals surface area contributed by atoms with Gasteiger partial charge in [-0.05, 0) is 36.6 Å². The molecule has 0 bridgehead atoms. The average Bonchev–Trinajstić information content (AvgIpc) is 2.95. The van der Waals surface area contributed by atoms with Crippen LogP contribution in [0.2, 0.25) is 0 Å². The summed E-state index contributed by atoms with van der Waals surface area (Å²) in [5.41, 5.74) is 3.05. The molecule has 0 aliphatic carbocycles. The summed E-state index contributed by atoms with van der Waals surface area (Å²) in [5.74, 6) is 0.168. The Hall–Kier alpha value is -2.54. The second kappa shape index (κ2) is 7.14. The maximum Gasteiger partial charge on any atom is 0.319 e. The molecule has 3 rings (SSSR count). The predicted octanol–water partition coefficient (Wildman–Crippen LogP) is 2.86. The van der Waals surface area contributed by atoms with Crippen LogP contribution >= 0.6 is 0 Å². The van der Waals surface area contributed by atoms with Gasteiger partial charge in [0.15, 0.2) is 0 Å². The molecule has 1 aliphatic heterocycles. The van der Waals surface area contributed by atoms with E-state index in [1.165, 1.54) is 4.31 Å². The molecule has 0 radical (unpaired) electrons. The molecule has 2 amide bonds. The lowest BCUT2D eigenvalue weighted by atomic mass is 10.1. The van der Waals surface area contributed by atoms with Crippen LogP contribution in [0, 0.1) is 6.92 Å². The zero-order valence-corrected chi connectivity index (χ0v) is 14.8. The Balaban J connectivity index is 1.69. The topological polar surface area (TPSA) is 78.5 Å². The number of nitrogens with zero attached hydrogens (tertiary/aromatic N) is 1. The van der Waals surface area contributed by atoms with E-state index < -0.39 is 10.0 Å². The number of rotatable bonds is 4. The van der Waals surface area contributed by atoms with Crippen LogP contribution in [0.3, 0.4) is 0 Å². The summed E-state index contributed by atoms with van der Waals surface area (Å²) in [6, 6.07) is 14.6. The number of sulfonamides is 1. The molecular weight excluding hydrogens is 338 g/mol. The Labute approximate surface area is 147 Å². The minimum Gasteiger partial charge on any atom is -0.334 e. The van der Waals surface area contributed by atoms with Crippen molar-refractivity contribution in [3.8, 4) is 0 Å². The largest absolute Gasteiger partial charge is 0.334 e. The maximum absolute atomic E-state index is 12.1. The van der Waals surface area contributed by atoms with E-state index in [4.69, 9.17) is 0 Å². The first-order chi connectivity index (χ1) is 12.0. The summed E-state index contributed by atoms with van der Waals surface area (Å²) in [6.45, 7) is 2.77. The van der Waals surface area contributed by atoms with Crippen molar-refractivity contribution >= 4 is 27.4 Å². The molecule has 0 saturated carbocycles. The quantitative estimate of drug-likeness (QED) is 0.881. The fourth-order valence-corrected chi connectivity index (χ4v) is 4.44. The van der Waals surface area contributed by atoms with E-state index in [0.717, 1.165) is 11.1 Å². The minimum atomic E-state index is -3.25. The monoisotopic (exact) mass is 359 g/mol. The average molecular weight is 359 g/mol. The molecule has 132 valence electrons. The SMILES string of the molecule is Cc1ccc(NC(=O)NCc2ccccc2)cc1N1CCCS1(=O)=O. The number of hydrogen-bond acceptors (Lipinski definition) is 3. The molecule has 0 atom stereocenters. The van der Waals surface area contributed by atoms with E-state index in [-0.39, 0.29) is 11.8 Å². The van der Waals surface area contributed by atoms with Crippen LogP contribution in [-0.2, 0) is 16.6 Å². The van der Waals surface area contributed by atoms with Crippen molar-refractivity contribution in [1.82, 2.24) is 5.32 Å². The summed E-state index contributed by atoms with van der Waals surface area (Å²) in [6.07, 6.45) is 0.622. The van der Waals surface area contributed by atoms with Crippen LogP contribution in [0.15, 0.2) is 48.5 Å². The van der Waals surface area contributed by atoms with Crippen molar-refractivity contribution in [2.75, 3.05) is 21.9 Å². The van der Waals surface area contributed by atoms with E-state index in [1.54, 1.807) is 12.1 Å². The summed E-state index contributed by atoms with van der Waals surface area (Å²) in [4.78, 5) is 12.1. The highest BCUT2D eigenvalue weighted by Crippen LogP contribution is 2.29. The molecule has 1 aliphatic rings. The summed E-state index contributed by atoms with van der Waals surface area (Å²) < 4.78 is 25.7. The molecule has 2 aromatic rings. The zero-order valence-electron chi connectivity index (χ0n) is 14.0. The Morgan fingerprint density at radius 3 is 2.60 bits per heavy atom. The van der Waals surface area contributed by atoms with Gasteiger partial charge in [0.2, 0.25) is 10.0 Å². The minimum absolute atomic E-state index is 0.168. The van der Waals surface area contributed by atoms with Gasteiger partial charge in [-0.25, -0.2) is 13.2 Å². The standard InChI is InChI=1S/C18H21N3O3S/c1-14-8-9-16(12-17(14)21-10-5-11-25(21,23)24)20-18(22)19-13-15-6-3-2-4-7-15/h2-4,6-9,12H,5,10-11,13H2,1H3,(H2,19,20,22). The van der Waals surface area contributed by atoms with Crippen molar-refractivity contribution in [3.63, 3.8) is 0 Å². The molecule has 0 unspecified atom stereocenters. The first-order valence-corrected chi connectivity index (χ1v) is 9.76. The van der Waals surface area contributed by atoms with Gasteiger partial charge >= 0.3 is 6.03 Å². The van der Waals surface area contributed by atoms with Crippen LogP contribution < -0.4 is 14.9 Å². The third-order valence-corrected chi connectivity index (χ3v) is 5.99. The van der Waals surface area contributed by atoms with Crippen molar-refractivity contribution in [2.24, 2.45) is 0 Å². The number of aryl methyl sites for hydroxylation is 1. The summed E-state index contributed by atoms with van der Waals surface area (Å²) >= 11 is 0. The number of hydrogen-bond donors (Lipinski definition) is 2. The normalized spacial score (nSPS) is 15.8. The van der Waals surface area contributed by atoms with Crippen molar-refractivity contribution < 1.29 is 13.2 Å². The Morgan fingerprint density at radius 2 is 1.92 bits per heavy atom. The maximum atomic E-state index is 12.1. The van der Waals surface area contributed by atoms with Gasteiger partial charge in [0.1, 0.15) is 0 Å². The van der Waals surface area contributed by atoms with Crippen LogP contribution in [0.5, 0.6) is 0 Å². The van der Waals surface area contributed by atoms with Gasteiger partial charge in [0.25, 0.3) is 0 Å². The molecule has 25 heavy (non-hydrogen) atoms. The fourth-order valence-electron chi connectivity index (χ4n) is 2.82. The third kappa shape index (κ3) is 4.11. The molecule has 1 heterocycles. The smallest absolute Gasteiger partial charge is 0.319 e. The fraction of sp³-hybridized carbons (Fsp3) is 0.278. The van der Waals surface area contributed by atoms with Crippen LogP contribution in [0.4, 0.5) is 16.2 Å². The number of urea groups is 1. The molecular formula is C18H21N3O3S. The Bertz CT molecular complexity index is 866. The van der Waals surface area contributed by atoms with Crippen LogP contribution in [0.25, 0.3) is 0 Å². The molecule has 2 N–H and O–H groups in total. The Morgan fingerprint density at radius 1 is 1.16 bits per heavy atom. The van der Waals surface area contributed by atoms with Gasteiger partial charge in [-0.2, -0.15) is 0 Å². The highest BCUT2D eigenvalue weighted by atomic mass is 32.2. The second-order valence-corrected chi connectivity index (χ2v) is 8.05. The number of nitrogens with one attached hydrogen (secondary N) is 2. The molecule has 1 saturated heterocycles. The number of carbonyl (C=O) groups excluding carboxylic acids is 1. The molecule has 1 fully saturated rings. The molecule has 6 nitrogen and oxygen atoms in total. The van der Waals surface area contributed by atoms with Crippen LogP contribution in [0.1, 0.15) is 17.5 Å². The lowest BCUT2D eigenvalue weighted by Gasteiger charge is -2.20. The van der Waals surface area contributed by atoms with Crippen molar-refractivity contribution in [3.05, 3.63) is 59.7 Å². The van der Waals surface area contributed by atoms with Gasteiger partial charge in [0, 0.05) is 18.8 Å². The van der Waals surface area contributed by atoms with Crippen molar-refractivity contribution in [1.29, 1.82) is 0 Å². The summed E-state index contributed by atoms with van der Waals surface area (Å²) in [7, 11) is -3.25. The van der Waals surface area contributed by atoms with Gasteiger partial charge in [-0.1, -0.05) is 36.4 Å². The van der Waals surface area contributed by atoms with Gasteiger partial charge in [-0.15, -0.1) is 0 Å². The molecule has 7 heteroatoms. The number of carbonyl (C=O) groups is 1. The number of benzene rings is 2. The third-order valence-electron chi connectivity index (χ3n) is 4.13. The second-order valence-electron chi connectivity index (χ2n) is 6.04. The lowest BCUT2D eigenvalue weighted by Crippen LogP contribution is -2.29. The van der Waals surface area contributed by atoms with E-state index >= 15 is 0 Å². The number of anilines is 2. The first-order valence-electron chi connectivity index (χ1n) is 8.15. The van der Waals surface area contributed by atoms with Gasteiger partial charge in [0.05, 0.1) is 11.4 Å². The molecule has 0 spiro atoms. The van der Waals surface area contributed by atoms with Gasteiger partial charge in [-0.3, -0.25) is 4.31 Å². The Kier molecular flexibility index (Phi) is 4.94. The number of amides is 2. The lowest BCUT2D eigenvalue weighted by molar-refractivity contribution is 0.251. The highest BCUT2D eigenvalue weighted by molar-refractivity contribution is 7.93. The van der Waals surface area contributed by atoms with E-state index in [2.05, 4.69) is 10.6 Å². The molecule has 0 aromatic heterocycles. The van der Waals surface area contributed by atoms with E-state index in [1.807, 2.05) is 43.3 Å². The summed E-state index contributed by atoms with van der Waals surface area (Å²) in [5, 5.41) is 5.54. The predicted molar refractivity (Wildman–Crippen MR) is 99.2 cm³/mol. The van der Waals surface area contributed by atoms with E-state index in [9.17, 15) is 13.2 Å².